The molecule has 2 rings (SSSR count). The molecule has 4 nitrogen and oxygen atoms in total. The van der Waals surface area contributed by atoms with Crippen LogP contribution in [0.25, 0.3) is 0 Å². The largest absolute Gasteiger partial charge is 0.434 e. The Hall–Kier alpha value is -1.43. The number of guanidine groups is 1. The van der Waals surface area contributed by atoms with Gasteiger partial charge in [0.05, 0.1) is 6.54 Å². The van der Waals surface area contributed by atoms with Crippen molar-refractivity contribution < 1.29 is 17.6 Å². The Morgan fingerprint density at radius 2 is 1.88 bits per heavy atom. The van der Waals surface area contributed by atoms with Gasteiger partial charge in [0.2, 0.25) is 0 Å². The van der Waals surface area contributed by atoms with Crippen LogP contribution in [0.1, 0.15) is 16.3 Å². The van der Waals surface area contributed by atoms with Gasteiger partial charge in [0.25, 0.3) is 0 Å². The summed E-state index contributed by atoms with van der Waals surface area (Å²) in [5.41, 5.74) is 0.0812. The average molecular weight is 488 g/mol. The van der Waals surface area contributed by atoms with Crippen molar-refractivity contribution in [3.8, 4) is 0 Å². The highest BCUT2D eigenvalue weighted by Gasteiger charge is 2.33. The number of aromatic nitrogens is 1. The Morgan fingerprint density at radius 3 is 2.44 bits per heavy atom. The number of alkyl halides is 3. The summed E-state index contributed by atoms with van der Waals surface area (Å²) in [7, 11) is 1.57. The molecule has 1 aromatic carbocycles. The molecule has 0 saturated heterocycles. The third-order valence-corrected chi connectivity index (χ3v) is 3.94. The summed E-state index contributed by atoms with van der Waals surface area (Å²) in [6.07, 6.45) is -3.76. The van der Waals surface area contributed by atoms with Crippen LogP contribution in [-0.4, -0.2) is 24.5 Å². The summed E-state index contributed by atoms with van der Waals surface area (Å²) in [5, 5.41) is 7.26. The third kappa shape index (κ3) is 7.14. The van der Waals surface area contributed by atoms with Crippen molar-refractivity contribution in [1.82, 2.24) is 15.6 Å². The van der Waals surface area contributed by atoms with Crippen molar-refractivity contribution >= 4 is 41.3 Å². The second-order valence-corrected chi connectivity index (χ2v) is 5.80. The summed E-state index contributed by atoms with van der Waals surface area (Å²) >= 11 is 0.939. The summed E-state index contributed by atoms with van der Waals surface area (Å²) in [5.74, 6) is 0.173. The quantitative estimate of drug-likeness (QED) is 0.291. The molecular weight excluding hydrogens is 471 g/mol. The normalized spacial score (nSPS) is 11.8. The van der Waals surface area contributed by atoms with Crippen LogP contribution in [-0.2, 0) is 19.1 Å². The van der Waals surface area contributed by atoms with E-state index in [-0.39, 0.29) is 36.3 Å². The average Bonchev–Trinajstić information content (AvgIpc) is 3.01. The lowest BCUT2D eigenvalue weighted by molar-refractivity contribution is -0.140. The molecular formula is C15H17F4IN4S. The minimum atomic E-state index is -4.43. The van der Waals surface area contributed by atoms with Gasteiger partial charge >= 0.3 is 6.18 Å². The van der Waals surface area contributed by atoms with Crippen molar-refractivity contribution in [3.05, 3.63) is 51.7 Å². The Bertz CT molecular complexity index is 686. The van der Waals surface area contributed by atoms with Crippen LogP contribution in [0.3, 0.4) is 0 Å². The van der Waals surface area contributed by atoms with E-state index in [1.165, 1.54) is 12.1 Å². The highest BCUT2D eigenvalue weighted by molar-refractivity contribution is 14.0. The molecule has 0 bridgehead atoms. The lowest BCUT2D eigenvalue weighted by Gasteiger charge is -2.11. The van der Waals surface area contributed by atoms with Crippen LogP contribution in [0.5, 0.6) is 0 Å². The van der Waals surface area contributed by atoms with Gasteiger partial charge in [0, 0.05) is 19.0 Å². The maximum Gasteiger partial charge on any atom is 0.434 e. The molecule has 0 radical (unpaired) electrons. The van der Waals surface area contributed by atoms with Gasteiger partial charge < -0.3 is 10.6 Å². The van der Waals surface area contributed by atoms with E-state index in [0.29, 0.717) is 23.9 Å². The van der Waals surface area contributed by atoms with Gasteiger partial charge in [-0.05, 0) is 24.1 Å². The zero-order valence-electron chi connectivity index (χ0n) is 13.2. The summed E-state index contributed by atoms with van der Waals surface area (Å²) in [6.45, 7) is 0.702. The highest BCUT2D eigenvalue weighted by Crippen LogP contribution is 2.29. The van der Waals surface area contributed by atoms with E-state index >= 15 is 0 Å². The minimum Gasteiger partial charge on any atom is -0.356 e. The molecule has 2 N–H and O–H groups in total. The van der Waals surface area contributed by atoms with Gasteiger partial charge in [-0.25, -0.2) is 9.37 Å². The van der Waals surface area contributed by atoms with Crippen LogP contribution in [0.4, 0.5) is 17.6 Å². The van der Waals surface area contributed by atoms with E-state index in [1.54, 1.807) is 19.2 Å². The maximum absolute atomic E-state index is 12.8. The van der Waals surface area contributed by atoms with Crippen molar-refractivity contribution in [1.29, 1.82) is 0 Å². The fraction of sp³-hybridized carbons (Fsp3) is 0.333. The Kier molecular flexibility index (Phi) is 8.56. The number of hydrogen-bond donors (Lipinski definition) is 2. The number of hydrogen-bond acceptors (Lipinski definition) is 3. The van der Waals surface area contributed by atoms with Crippen molar-refractivity contribution in [2.75, 3.05) is 13.6 Å². The molecule has 0 aliphatic carbocycles. The summed E-state index contributed by atoms with van der Waals surface area (Å²) < 4.78 is 50.3. The molecule has 0 spiro atoms. The van der Waals surface area contributed by atoms with Crippen LogP contribution >= 0.6 is 35.3 Å². The predicted molar refractivity (Wildman–Crippen MR) is 101 cm³/mol. The second-order valence-electron chi connectivity index (χ2n) is 4.85. The van der Waals surface area contributed by atoms with E-state index in [9.17, 15) is 17.6 Å². The third-order valence-electron chi connectivity index (χ3n) is 3.09. The van der Waals surface area contributed by atoms with E-state index < -0.39 is 11.9 Å². The topological polar surface area (TPSA) is 49.3 Å². The fourth-order valence-corrected chi connectivity index (χ4v) is 2.62. The molecule has 10 heteroatoms. The van der Waals surface area contributed by atoms with Gasteiger partial charge in [0.1, 0.15) is 10.8 Å². The molecule has 0 amide bonds. The first-order valence-corrected chi connectivity index (χ1v) is 7.97. The second kappa shape index (κ2) is 9.90. The molecule has 1 heterocycles. The van der Waals surface area contributed by atoms with Crippen LogP contribution in [0.2, 0.25) is 0 Å². The molecule has 2 aromatic rings. The lowest BCUT2D eigenvalue weighted by Crippen LogP contribution is -2.37. The van der Waals surface area contributed by atoms with Gasteiger partial charge in [-0.3, -0.25) is 4.99 Å². The number of thiazole rings is 1. The monoisotopic (exact) mass is 488 g/mol. The first-order chi connectivity index (χ1) is 11.4. The number of halogens is 5. The fourth-order valence-electron chi connectivity index (χ4n) is 1.88. The molecule has 0 aliphatic heterocycles. The van der Waals surface area contributed by atoms with Gasteiger partial charge in [-0.15, -0.1) is 35.3 Å². The molecule has 0 saturated carbocycles. The molecule has 1 aromatic heterocycles. The van der Waals surface area contributed by atoms with Crippen molar-refractivity contribution in [2.24, 2.45) is 4.99 Å². The number of nitrogens with zero attached hydrogens (tertiary/aromatic N) is 2. The molecule has 138 valence electrons. The first-order valence-electron chi connectivity index (χ1n) is 7.09. The van der Waals surface area contributed by atoms with E-state index in [2.05, 4.69) is 20.6 Å². The minimum absolute atomic E-state index is 0. The highest BCUT2D eigenvalue weighted by atomic mass is 127. The molecule has 0 atom stereocenters. The van der Waals surface area contributed by atoms with Gasteiger partial charge in [0.15, 0.2) is 11.7 Å². The number of rotatable bonds is 5. The zero-order chi connectivity index (χ0) is 17.6. The Balaban J connectivity index is 0.00000312. The number of benzene rings is 1. The van der Waals surface area contributed by atoms with E-state index in [4.69, 9.17) is 0 Å². The van der Waals surface area contributed by atoms with Crippen LogP contribution < -0.4 is 10.6 Å². The molecule has 0 aliphatic rings. The Labute approximate surface area is 163 Å². The van der Waals surface area contributed by atoms with Gasteiger partial charge in [-0.2, -0.15) is 13.2 Å². The number of nitrogens with one attached hydrogen (secondary N) is 2. The van der Waals surface area contributed by atoms with Gasteiger partial charge in [-0.1, -0.05) is 12.1 Å². The summed E-state index contributed by atoms with van der Waals surface area (Å²) in [4.78, 5) is 7.53. The van der Waals surface area contributed by atoms with Crippen molar-refractivity contribution in [3.63, 3.8) is 0 Å². The predicted octanol–water partition coefficient (Wildman–Crippen LogP) is 3.83. The van der Waals surface area contributed by atoms with E-state index in [1.807, 2.05) is 0 Å². The van der Waals surface area contributed by atoms with Crippen LogP contribution in [0, 0.1) is 5.82 Å². The standard InChI is InChI=1S/C15H16F4N4S.HI/c1-20-14(21-7-6-10-2-4-11(16)5-3-10)22-8-13-23-12(9-24-13)15(17,18)19;/h2-5,9H,6-8H2,1H3,(H2,20,21,22);1H. The maximum atomic E-state index is 12.8. The number of aliphatic imine (C=N–C) groups is 1. The SMILES string of the molecule is CN=C(NCCc1ccc(F)cc1)NCc1nc(C(F)(F)F)cs1.I. The molecule has 25 heavy (non-hydrogen) atoms. The first kappa shape index (κ1) is 21.6. The van der Waals surface area contributed by atoms with E-state index in [0.717, 1.165) is 22.3 Å². The summed E-state index contributed by atoms with van der Waals surface area (Å²) in [6, 6.07) is 6.18. The zero-order valence-corrected chi connectivity index (χ0v) is 16.4. The lowest BCUT2D eigenvalue weighted by atomic mass is 10.1. The molecule has 0 fully saturated rings. The smallest absolute Gasteiger partial charge is 0.356 e. The van der Waals surface area contributed by atoms with Crippen LogP contribution in [0.15, 0.2) is 34.6 Å². The molecule has 0 unspecified atom stereocenters. The van der Waals surface area contributed by atoms with Crippen molar-refractivity contribution in [2.45, 2.75) is 19.1 Å². The Morgan fingerprint density at radius 1 is 1.20 bits per heavy atom.